The number of hydrogen-bond donors (Lipinski definition) is 1. The van der Waals surface area contributed by atoms with Crippen molar-refractivity contribution in [2.24, 2.45) is 5.41 Å². The number of benzene rings is 1. The zero-order valence-corrected chi connectivity index (χ0v) is 18.2. The molecule has 1 aromatic carbocycles. The summed E-state index contributed by atoms with van der Waals surface area (Å²) in [6.45, 7) is 4.07. The topological polar surface area (TPSA) is 60.5 Å². The van der Waals surface area contributed by atoms with E-state index in [1.807, 2.05) is 19.9 Å². The largest absolute Gasteiger partial charge is 0.492 e. The van der Waals surface area contributed by atoms with Crippen LogP contribution in [0.2, 0.25) is 10.2 Å². The van der Waals surface area contributed by atoms with E-state index < -0.39 is 5.41 Å². The Hall–Kier alpha value is -1.98. The van der Waals surface area contributed by atoms with Crippen molar-refractivity contribution in [2.75, 3.05) is 6.61 Å². The van der Waals surface area contributed by atoms with Crippen molar-refractivity contribution in [3.05, 3.63) is 52.8 Å². The molecule has 1 heterocycles. The third kappa shape index (κ3) is 6.51. The second kappa shape index (κ2) is 9.68. The zero-order chi connectivity index (χ0) is 20.9. The molecule has 5 nitrogen and oxygen atoms in total. The number of hydrogen-bond acceptors (Lipinski definition) is 4. The molecule has 0 saturated heterocycles. The van der Waals surface area contributed by atoms with E-state index in [-0.39, 0.29) is 18.1 Å². The molecule has 1 N–H and O–H groups in total. The molecule has 0 unspecified atom stereocenters. The highest BCUT2D eigenvalue weighted by Gasteiger charge is 2.32. The number of ether oxygens (including phenoxy) is 2. The Kier molecular flexibility index (Phi) is 7.25. The number of nitrogens with one attached hydrogen (secondary N) is 1. The van der Waals surface area contributed by atoms with E-state index in [0.29, 0.717) is 22.5 Å². The zero-order valence-electron chi connectivity index (χ0n) is 16.7. The lowest BCUT2D eigenvalue weighted by molar-refractivity contribution is -0.132. The number of nitrogens with zero attached hydrogens (tertiary/aromatic N) is 1. The van der Waals surface area contributed by atoms with Crippen molar-refractivity contribution in [2.45, 2.75) is 51.7 Å². The van der Waals surface area contributed by atoms with Crippen LogP contribution in [0.15, 0.2) is 42.6 Å². The van der Waals surface area contributed by atoms with E-state index in [4.69, 9.17) is 32.7 Å². The molecule has 7 heteroatoms. The van der Waals surface area contributed by atoms with Gasteiger partial charge in [-0.1, -0.05) is 23.2 Å². The molecule has 1 amide bonds. The fourth-order valence-corrected chi connectivity index (χ4v) is 3.43. The van der Waals surface area contributed by atoms with Crippen LogP contribution in [0.4, 0.5) is 0 Å². The Labute approximate surface area is 181 Å². The van der Waals surface area contributed by atoms with Crippen molar-refractivity contribution in [1.29, 1.82) is 0 Å². The second-order valence-electron chi connectivity index (χ2n) is 8.01. The molecule has 0 atom stereocenters. The summed E-state index contributed by atoms with van der Waals surface area (Å²) in [4.78, 5) is 16.8. The Balaban J connectivity index is 1.43. The van der Waals surface area contributed by atoms with Crippen LogP contribution < -0.4 is 14.8 Å². The second-order valence-corrected chi connectivity index (χ2v) is 8.83. The predicted octanol–water partition coefficient (Wildman–Crippen LogP) is 5.30. The Bertz CT molecular complexity index is 802. The molecular formula is C22H26Cl2N2O3. The highest BCUT2D eigenvalue weighted by atomic mass is 35.5. The minimum Gasteiger partial charge on any atom is -0.492 e. The first-order valence-corrected chi connectivity index (χ1v) is 10.5. The van der Waals surface area contributed by atoms with Crippen molar-refractivity contribution in [1.82, 2.24) is 10.3 Å². The molecule has 3 rings (SSSR count). The summed E-state index contributed by atoms with van der Waals surface area (Å²) < 4.78 is 11.7. The van der Waals surface area contributed by atoms with E-state index in [9.17, 15) is 4.79 Å². The summed E-state index contributed by atoms with van der Waals surface area (Å²) in [6, 6.07) is 10.8. The molecule has 0 aliphatic heterocycles. The predicted molar refractivity (Wildman–Crippen MR) is 115 cm³/mol. The van der Waals surface area contributed by atoms with Crippen LogP contribution in [0.1, 0.15) is 39.5 Å². The van der Waals surface area contributed by atoms with Crippen LogP contribution in [0, 0.1) is 5.41 Å². The number of pyridine rings is 1. The quantitative estimate of drug-likeness (QED) is 0.598. The van der Waals surface area contributed by atoms with E-state index in [1.54, 1.807) is 36.5 Å². The molecule has 29 heavy (non-hydrogen) atoms. The van der Waals surface area contributed by atoms with Gasteiger partial charge < -0.3 is 14.8 Å². The average molecular weight is 437 g/mol. The minimum absolute atomic E-state index is 0.00210. The third-order valence-electron chi connectivity index (χ3n) is 5.04. The number of halogens is 2. The maximum atomic E-state index is 12.7. The lowest BCUT2D eigenvalue weighted by Gasteiger charge is -2.32. The molecule has 0 bridgehead atoms. The summed E-state index contributed by atoms with van der Waals surface area (Å²) in [5.41, 5.74) is -0.637. The fourth-order valence-electron chi connectivity index (χ4n) is 3.19. The summed E-state index contributed by atoms with van der Waals surface area (Å²) in [7, 11) is 0. The maximum Gasteiger partial charge on any atom is 0.229 e. The highest BCUT2D eigenvalue weighted by molar-refractivity contribution is 6.30. The molecule has 0 radical (unpaired) electrons. The molecule has 1 fully saturated rings. The minimum atomic E-state index is -0.637. The smallest absolute Gasteiger partial charge is 0.229 e. The third-order valence-corrected chi connectivity index (χ3v) is 5.52. The van der Waals surface area contributed by atoms with Crippen LogP contribution in [-0.2, 0) is 4.79 Å². The van der Waals surface area contributed by atoms with Crippen molar-refractivity contribution in [3.63, 3.8) is 0 Å². The first-order chi connectivity index (χ1) is 13.8. The SMILES string of the molecule is CC(C)(COc1ccc(Cl)cc1)C(=O)NC1CCC(Oc2ccc(Cl)nc2)CC1. The number of amides is 1. The lowest BCUT2D eigenvalue weighted by Crippen LogP contribution is -2.47. The number of rotatable bonds is 7. The van der Waals surface area contributed by atoms with Gasteiger partial charge in [-0.3, -0.25) is 4.79 Å². The summed E-state index contributed by atoms with van der Waals surface area (Å²) in [5, 5.41) is 4.28. The molecule has 2 aromatic rings. The molecule has 156 valence electrons. The van der Waals surface area contributed by atoms with Crippen LogP contribution in [0.25, 0.3) is 0 Å². The van der Waals surface area contributed by atoms with Gasteiger partial charge in [-0.25, -0.2) is 4.98 Å². The van der Waals surface area contributed by atoms with Crippen molar-refractivity contribution in [3.8, 4) is 11.5 Å². The summed E-state index contributed by atoms with van der Waals surface area (Å²) in [6.07, 6.45) is 5.30. The van der Waals surface area contributed by atoms with Gasteiger partial charge in [0.25, 0.3) is 0 Å². The van der Waals surface area contributed by atoms with Gasteiger partial charge in [-0.15, -0.1) is 0 Å². The van der Waals surface area contributed by atoms with E-state index in [1.165, 1.54) is 0 Å². The molecule has 1 saturated carbocycles. The van der Waals surface area contributed by atoms with Crippen LogP contribution in [-0.4, -0.2) is 29.6 Å². The first-order valence-electron chi connectivity index (χ1n) is 9.79. The number of carbonyl (C=O) groups excluding carboxylic acids is 1. The first kappa shape index (κ1) is 21.7. The van der Waals surface area contributed by atoms with Crippen molar-refractivity contribution >= 4 is 29.1 Å². The normalized spacial score (nSPS) is 19.4. The molecule has 1 aliphatic carbocycles. The summed E-state index contributed by atoms with van der Waals surface area (Å²) >= 11 is 11.7. The van der Waals surface area contributed by atoms with Crippen LogP contribution >= 0.6 is 23.2 Å². The van der Waals surface area contributed by atoms with Crippen molar-refractivity contribution < 1.29 is 14.3 Å². The average Bonchev–Trinajstić information content (AvgIpc) is 2.71. The lowest BCUT2D eigenvalue weighted by atomic mass is 9.89. The number of carbonyl (C=O) groups is 1. The van der Waals surface area contributed by atoms with Gasteiger partial charge in [0.15, 0.2) is 0 Å². The van der Waals surface area contributed by atoms with Gasteiger partial charge >= 0.3 is 0 Å². The molecule has 0 spiro atoms. The summed E-state index contributed by atoms with van der Waals surface area (Å²) in [5.74, 6) is 1.42. The van der Waals surface area contributed by atoms with E-state index in [2.05, 4.69) is 10.3 Å². The Morgan fingerprint density at radius 3 is 2.34 bits per heavy atom. The van der Waals surface area contributed by atoms with E-state index in [0.717, 1.165) is 31.4 Å². The monoisotopic (exact) mass is 436 g/mol. The van der Waals surface area contributed by atoms with Gasteiger partial charge in [0, 0.05) is 11.1 Å². The Morgan fingerprint density at radius 1 is 1.07 bits per heavy atom. The molecular weight excluding hydrogens is 411 g/mol. The molecule has 1 aromatic heterocycles. The van der Waals surface area contributed by atoms with Gasteiger partial charge in [0.2, 0.25) is 5.91 Å². The highest BCUT2D eigenvalue weighted by Crippen LogP contribution is 2.26. The van der Waals surface area contributed by atoms with Gasteiger partial charge in [-0.2, -0.15) is 0 Å². The Morgan fingerprint density at radius 2 is 1.72 bits per heavy atom. The van der Waals surface area contributed by atoms with E-state index >= 15 is 0 Å². The van der Waals surface area contributed by atoms with Gasteiger partial charge in [0.05, 0.1) is 17.7 Å². The standard InChI is InChI=1S/C22H26Cl2N2O3/c1-22(2,14-28-17-7-3-15(23)4-8-17)21(27)26-16-5-9-18(10-6-16)29-19-11-12-20(24)25-13-19/h3-4,7-8,11-13,16,18H,5-6,9-10,14H2,1-2H3,(H,26,27). The maximum absolute atomic E-state index is 12.7. The van der Waals surface area contributed by atoms with Gasteiger partial charge in [-0.05, 0) is 75.9 Å². The van der Waals surface area contributed by atoms with Crippen LogP contribution in [0.5, 0.6) is 11.5 Å². The number of aromatic nitrogens is 1. The van der Waals surface area contributed by atoms with Gasteiger partial charge in [0.1, 0.15) is 23.3 Å². The molecule has 1 aliphatic rings. The van der Waals surface area contributed by atoms with Crippen LogP contribution in [0.3, 0.4) is 0 Å². The fraction of sp³-hybridized carbons (Fsp3) is 0.455.